The maximum Gasteiger partial charge on any atom is 0.309 e. The van der Waals surface area contributed by atoms with Gasteiger partial charge in [-0.1, -0.05) is 46.8 Å². The molecule has 0 amide bonds. The van der Waals surface area contributed by atoms with Crippen molar-refractivity contribution >= 4 is 11.9 Å². The van der Waals surface area contributed by atoms with Gasteiger partial charge in [-0.25, -0.2) is 0 Å². The molecule has 4 nitrogen and oxygen atoms in total. The van der Waals surface area contributed by atoms with Crippen molar-refractivity contribution < 1.29 is 19.4 Å². The number of fused-ring (bicyclic) bond motifs is 7. The summed E-state index contributed by atoms with van der Waals surface area (Å²) in [6.07, 6.45) is 10.5. The summed E-state index contributed by atoms with van der Waals surface area (Å²) in [7, 11) is 0. The Balaban J connectivity index is 1.52. The van der Waals surface area contributed by atoms with Gasteiger partial charge in [0.15, 0.2) is 0 Å². The molecule has 0 aromatic carbocycles. The Kier molecular flexibility index (Phi) is 5.91. The molecule has 0 saturated heterocycles. The Labute approximate surface area is 219 Å². The Hall–Kier alpha value is -1.32. The van der Waals surface area contributed by atoms with Crippen LogP contribution >= 0.6 is 0 Å². The number of aliphatic carboxylic acids is 1. The average Bonchev–Trinajstić information content (AvgIpc) is 3.17. The number of ether oxygens (including phenoxy) is 1. The topological polar surface area (TPSA) is 63.6 Å². The molecule has 5 aliphatic carbocycles. The molecule has 0 aromatic rings. The first-order chi connectivity index (χ1) is 16.6. The highest BCUT2D eigenvalue weighted by Gasteiger charge is 2.72. The zero-order valence-electron chi connectivity index (χ0n) is 23.9. The van der Waals surface area contributed by atoms with Gasteiger partial charge in [0, 0.05) is 12.3 Å². The molecule has 5 fully saturated rings. The fraction of sp³-hybridized carbons (Fsp3) is 0.875. The number of hydrogen-bond donors (Lipinski definition) is 1. The van der Waals surface area contributed by atoms with E-state index < -0.39 is 11.4 Å². The minimum Gasteiger partial charge on any atom is -0.481 e. The highest BCUT2D eigenvalue weighted by molar-refractivity contribution is 5.76. The molecule has 0 spiro atoms. The molecule has 0 aliphatic heterocycles. The molecule has 36 heavy (non-hydrogen) atoms. The lowest BCUT2D eigenvalue weighted by Crippen LogP contribution is -2.67. The molecule has 5 aliphatic rings. The zero-order valence-corrected chi connectivity index (χ0v) is 23.9. The molecule has 5 saturated carbocycles. The van der Waals surface area contributed by atoms with Gasteiger partial charge in [-0.3, -0.25) is 9.59 Å². The van der Waals surface area contributed by atoms with Gasteiger partial charge in [-0.05, 0) is 117 Å². The number of esters is 1. The summed E-state index contributed by atoms with van der Waals surface area (Å²) in [5.74, 6) is 1.49. The number of allylic oxidation sites excluding steroid dienone is 1. The van der Waals surface area contributed by atoms with Crippen LogP contribution in [-0.4, -0.2) is 23.1 Å². The molecule has 10 atom stereocenters. The molecule has 6 unspecified atom stereocenters. The van der Waals surface area contributed by atoms with Crippen molar-refractivity contribution in [3.8, 4) is 0 Å². The highest BCUT2D eigenvalue weighted by atomic mass is 16.5. The highest BCUT2D eigenvalue weighted by Crippen LogP contribution is 2.77. The smallest absolute Gasteiger partial charge is 0.309 e. The molecule has 202 valence electrons. The largest absolute Gasteiger partial charge is 0.481 e. The van der Waals surface area contributed by atoms with Gasteiger partial charge in [-0.15, -0.1) is 0 Å². The van der Waals surface area contributed by atoms with E-state index in [4.69, 9.17) is 4.74 Å². The van der Waals surface area contributed by atoms with Crippen molar-refractivity contribution in [2.24, 2.45) is 56.7 Å². The first kappa shape index (κ1) is 26.3. The summed E-state index contributed by atoms with van der Waals surface area (Å²) in [5.41, 5.74) is 1.20. The third kappa shape index (κ3) is 3.17. The molecule has 0 aromatic heterocycles. The molecule has 1 N–H and O–H groups in total. The first-order valence-electron chi connectivity index (χ1n) is 14.7. The Morgan fingerprint density at radius 2 is 1.50 bits per heavy atom. The molecular weight excluding hydrogens is 448 g/mol. The molecule has 0 bridgehead atoms. The van der Waals surface area contributed by atoms with Crippen molar-refractivity contribution in [1.82, 2.24) is 0 Å². The monoisotopic (exact) mass is 498 g/mol. The number of rotatable bonds is 3. The zero-order chi connectivity index (χ0) is 26.5. The lowest BCUT2D eigenvalue weighted by molar-refractivity contribution is -0.250. The minimum absolute atomic E-state index is 0.00466. The Morgan fingerprint density at radius 3 is 2.11 bits per heavy atom. The van der Waals surface area contributed by atoms with Crippen molar-refractivity contribution in [2.45, 2.75) is 119 Å². The number of carbonyl (C=O) groups is 2. The van der Waals surface area contributed by atoms with E-state index in [1.54, 1.807) is 6.92 Å². The van der Waals surface area contributed by atoms with Crippen LogP contribution in [0.3, 0.4) is 0 Å². The van der Waals surface area contributed by atoms with Crippen LogP contribution in [0.25, 0.3) is 0 Å². The normalized spacial score (nSPS) is 51.2. The van der Waals surface area contributed by atoms with E-state index in [1.807, 2.05) is 0 Å². The van der Waals surface area contributed by atoms with Crippen LogP contribution < -0.4 is 0 Å². The summed E-state index contributed by atoms with van der Waals surface area (Å²) in [4.78, 5) is 24.7. The van der Waals surface area contributed by atoms with Crippen molar-refractivity contribution in [2.75, 3.05) is 0 Å². The lowest BCUT2D eigenvalue weighted by atomic mass is 9.32. The number of hydrogen-bond acceptors (Lipinski definition) is 3. The van der Waals surface area contributed by atoms with Crippen LogP contribution in [0, 0.1) is 56.7 Å². The maximum atomic E-state index is 12.8. The van der Waals surface area contributed by atoms with Crippen LogP contribution in [0.5, 0.6) is 0 Å². The second-order valence-corrected chi connectivity index (χ2v) is 15.1. The minimum atomic E-state index is -0.553. The average molecular weight is 499 g/mol. The predicted octanol–water partition coefficient (Wildman–Crippen LogP) is 7.66. The van der Waals surface area contributed by atoms with Crippen molar-refractivity contribution in [3.63, 3.8) is 0 Å². The van der Waals surface area contributed by atoms with Crippen LogP contribution in [0.15, 0.2) is 12.2 Å². The Bertz CT molecular complexity index is 967. The quantitative estimate of drug-likeness (QED) is 0.320. The second-order valence-electron chi connectivity index (χ2n) is 15.1. The standard InChI is InChI=1S/C32H50O4/c1-19(2)21-11-16-32(27(34)35)18-17-30(7)22(26(21)32)9-10-24-29(6)14-13-25(36-20(3)33)28(4,5)23(29)12-15-31(24,30)8/h21-26H,1,9-18H2,2-8H3,(H,34,35)/t21?,22?,23?,24?,25-,26?,29-,30+,31+,32?/m0/s1. The third-order valence-electron chi connectivity index (χ3n) is 13.7. The Morgan fingerprint density at radius 1 is 0.806 bits per heavy atom. The third-order valence-corrected chi connectivity index (χ3v) is 13.7. The molecule has 4 heteroatoms. The molecular formula is C32H50O4. The van der Waals surface area contributed by atoms with Crippen LogP contribution in [0.4, 0.5) is 0 Å². The van der Waals surface area contributed by atoms with Gasteiger partial charge in [-0.2, -0.15) is 0 Å². The van der Waals surface area contributed by atoms with Crippen LogP contribution in [0.2, 0.25) is 0 Å². The fourth-order valence-corrected chi connectivity index (χ4v) is 11.9. The van der Waals surface area contributed by atoms with Gasteiger partial charge in [0.05, 0.1) is 5.41 Å². The van der Waals surface area contributed by atoms with Gasteiger partial charge >= 0.3 is 11.9 Å². The summed E-state index contributed by atoms with van der Waals surface area (Å²) < 4.78 is 5.88. The van der Waals surface area contributed by atoms with E-state index >= 15 is 0 Å². The summed E-state index contributed by atoms with van der Waals surface area (Å²) in [5, 5.41) is 10.5. The molecule has 0 radical (unpaired) electrons. The first-order valence-corrected chi connectivity index (χ1v) is 14.7. The number of carboxylic acids is 1. The van der Waals surface area contributed by atoms with Gasteiger partial charge in [0.1, 0.15) is 6.10 Å². The van der Waals surface area contributed by atoms with E-state index in [0.717, 1.165) is 44.9 Å². The summed E-state index contributed by atoms with van der Waals surface area (Å²) >= 11 is 0. The molecule has 0 heterocycles. The lowest BCUT2D eigenvalue weighted by Gasteiger charge is -2.72. The summed E-state index contributed by atoms with van der Waals surface area (Å²) in [6.45, 7) is 20.4. The van der Waals surface area contributed by atoms with Gasteiger partial charge < -0.3 is 9.84 Å². The van der Waals surface area contributed by atoms with Crippen LogP contribution in [-0.2, 0) is 14.3 Å². The van der Waals surface area contributed by atoms with E-state index in [-0.39, 0.29) is 39.7 Å². The summed E-state index contributed by atoms with van der Waals surface area (Å²) in [6, 6.07) is 0. The van der Waals surface area contributed by atoms with E-state index in [9.17, 15) is 14.7 Å². The molecule has 5 rings (SSSR count). The number of carbonyl (C=O) groups excluding carboxylic acids is 1. The van der Waals surface area contributed by atoms with Crippen molar-refractivity contribution in [1.29, 1.82) is 0 Å². The maximum absolute atomic E-state index is 12.8. The van der Waals surface area contributed by atoms with Gasteiger partial charge in [0.2, 0.25) is 0 Å². The number of carboxylic acid groups (broad SMARTS) is 1. The predicted molar refractivity (Wildman–Crippen MR) is 142 cm³/mol. The van der Waals surface area contributed by atoms with E-state index in [1.165, 1.54) is 24.8 Å². The van der Waals surface area contributed by atoms with Gasteiger partial charge in [0.25, 0.3) is 0 Å². The van der Waals surface area contributed by atoms with E-state index in [2.05, 4.69) is 48.1 Å². The second kappa shape index (κ2) is 8.09. The fourth-order valence-electron chi connectivity index (χ4n) is 11.9. The van der Waals surface area contributed by atoms with Crippen molar-refractivity contribution in [3.05, 3.63) is 12.2 Å². The van der Waals surface area contributed by atoms with Crippen LogP contribution in [0.1, 0.15) is 113 Å². The van der Waals surface area contributed by atoms with E-state index in [0.29, 0.717) is 23.7 Å². The SMILES string of the molecule is C=C(C)C1CCC2(C(=O)O)CC[C@]3(C)C(CCC4[C@@]5(C)CC[C@H](OC(C)=O)C(C)(C)C5CC[C@]43C)C12.